The van der Waals surface area contributed by atoms with Crippen molar-refractivity contribution in [3.63, 3.8) is 0 Å². The summed E-state index contributed by atoms with van der Waals surface area (Å²) < 4.78 is 5.34. The van der Waals surface area contributed by atoms with Gasteiger partial charge >= 0.3 is 0 Å². The summed E-state index contributed by atoms with van der Waals surface area (Å²) in [5.74, 6) is 0. The number of hydrogen-bond acceptors (Lipinski definition) is 4. The van der Waals surface area contributed by atoms with Crippen molar-refractivity contribution in [1.29, 1.82) is 5.41 Å². The molecule has 2 heterocycles. The molecule has 0 saturated heterocycles. The summed E-state index contributed by atoms with van der Waals surface area (Å²) in [6, 6.07) is 18.7. The molecule has 0 amide bonds. The molecule has 10 heteroatoms. The molecule has 7 nitrogen and oxygen atoms in total. The van der Waals surface area contributed by atoms with Crippen LogP contribution >= 0.6 is 34.8 Å². The van der Waals surface area contributed by atoms with E-state index in [1.807, 2.05) is 22.9 Å². The number of aryl methyl sites for hydroxylation is 1. The van der Waals surface area contributed by atoms with Crippen molar-refractivity contribution in [3.8, 4) is 0 Å². The normalized spacial score (nSPS) is 12.4. The van der Waals surface area contributed by atoms with Crippen molar-refractivity contribution >= 4 is 45.8 Å². The first-order chi connectivity index (χ1) is 17.3. The summed E-state index contributed by atoms with van der Waals surface area (Å²) in [5.41, 5.74) is 5.41. The van der Waals surface area contributed by atoms with Crippen molar-refractivity contribution < 1.29 is 5.11 Å². The second-order valence-corrected chi connectivity index (χ2v) is 9.99. The number of hydrogen-bond donors (Lipinski definition) is 2. The molecule has 0 aliphatic rings. The van der Waals surface area contributed by atoms with Gasteiger partial charge in [0.2, 0.25) is 5.62 Å². The number of halogens is 3. The predicted octanol–water partition coefficient (Wildman–Crippen LogP) is 5.61. The van der Waals surface area contributed by atoms with Crippen LogP contribution in [0, 0.1) is 12.3 Å². The van der Waals surface area contributed by atoms with Gasteiger partial charge in [-0.25, -0.2) is 4.68 Å². The fourth-order valence-corrected chi connectivity index (χ4v) is 4.66. The average molecular weight is 542 g/mol. The van der Waals surface area contributed by atoms with Gasteiger partial charge in [-0.05, 0) is 48.4 Å². The Morgan fingerprint density at radius 2 is 1.67 bits per heavy atom. The van der Waals surface area contributed by atoms with Crippen LogP contribution in [0.2, 0.25) is 15.1 Å². The molecule has 0 fully saturated rings. The molecule has 2 N–H and O–H groups in total. The molecule has 2 aromatic heterocycles. The van der Waals surface area contributed by atoms with Crippen molar-refractivity contribution in [3.05, 3.63) is 110 Å². The van der Waals surface area contributed by atoms with Gasteiger partial charge in [0.05, 0.1) is 53.0 Å². The molecule has 0 aliphatic heterocycles. The molecule has 1 atom stereocenters. The van der Waals surface area contributed by atoms with Crippen molar-refractivity contribution in [2.24, 2.45) is 0 Å². The van der Waals surface area contributed by atoms with E-state index in [0.29, 0.717) is 39.4 Å². The summed E-state index contributed by atoms with van der Waals surface area (Å²) >= 11 is 18.5. The standard InChI is InChI=1S/C26H23Cl3N6O/c1-16-2-4-17(5-3-16)12-33-13-20(31-32-33)14-34-24-11-19(27)7-9-23(24)35(26(34)30)15-25(36)18-6-8-21(28)22(29)10-18/h2-11,13,25,30,36H,12,14-15H2,1H3. The SMILES string of the molecule is Cc1ccc(Cn2cc(Cn3c(=N)n(CC(O)c4ccc(Cl)c(Cl)c4)c4ccc(Cl)cc43)nn2)cc1. The quantitative estimate of drug-likeness (QED) is 0.281. The third-order valence-corrected chi connectivity index (χ3v) is 7.06. The Balaban J connectivity index is 1.45. The number of rotatable bonds is 7. The van der Waals surface area contributed by atoms with E-state index in [9.17, 15) is 5.11 Å². The highest BCUT2D eigenvalue weighted by Crippen LogP contribution is 2.27. The lowest BCUT2D eigenvalue weighted by Gasteiger charge is -2.13. The van der Waals surface area contributed by atoms with E-state index in [1.54, 1.807) is 33.5 Å². The molecule has 1 unspecified atom stereocenters. The van der Waals surface area contributed by atoms with Crippen LogP contribution in [-0.2, 0) is 19.6 Å². The predicted molar refractivity (Wildman–Crippen MR) is 142 cm³/mol. The lowest BCUT2D eigenvalue weighted by atomic mass is 10.1. The van der Waals surface area contributed by atoms with Crippen LogP contribution in [0.5, 0.6) is 0 Å². The minimum absolute atomic E-state index is 0.155. The topological polar surface area (TPSA) is 84.7 Å². The van der Waals surface area contributed by atoms with E-state index in [-0.39, 0.29) is 12.2 Å². The maximum absolute atomic E-state index is 10.9. The minimum Gasteiger partial charge on any atom is -0.387 e. The Kier molecular flexibility index (Phi) is 6.90. The molecule has 5 rings (SSSR count). The van der Waals surface area contributed by atoms with Crippen LogP contribution in [-0.4, -0.2) is 29.2 Å². The molecule has 0 bridgehead atoms. The fourth-order valence-electron chi connectivity index (χ4n) is 4.19. The molecule has 0 radical (unpaired) electrons. The number of aliphatic hydroxyl groups is 1. The molecular weight excluding hydrogens is 519 g/mol. The molecular formula is C26H23Cl3N6O. The summed E-state index contributed by atoms with van der Waals surface area (Å²) in [7, 11) is 0. The highest BCUT2D eigenvalue weighted by Gasteiger charge is 2.17. The van der Waals surface area contributed by atoms with E-state index in [1.165, 1.54) is 5.56 Å². The van der Waals surface area contributed by atoms with E-state index >= 15 is 0 Å². The van der Waals surface area contributed by atoms with Crippen LogP contribution in [0.25, 0.3) is 11.0 Å². The summed E-state index contributed by atoms with van der Waals surface area (Å²) in [4.78, 5) is 0. The number of fused-ring (bicyclic) bond motifs is 1. The Hall–Kier alpha value is -3.10. The maximum atomic E-state index is 10.9. The zero-order valence-electron chi connectivity index (χ0n) is 19.4. The highest BCUT2D eigenvalue weighted by molar-refractivity contribution is 6.42. The summed E-state index contributed by atoms with van der Waals surface area (Å²) in [6.07, 6.45) is 0.990. The number of nitrogens with one attached hydrogen (secondary N) is 1. The summed E-state index contributed by atoms with van der Waals surface area (Å²) in [6.45, 7) is 3.15. The monoisotopic (exact) mass is 540 g/mol. The smallest absolute Gasteiger partial charge is 0.203 e. The van der Waals surface area contributed by atoms with Crippen LogP contribution < -0.4 is 5.62 Å². The number of nitrogens with zero attached hydrogens (tertiary/aromatic N) is 5. The maximum Gasteiger partial charge on any atom is 0.203 e. The van der Waals surface area contributed by atoms with Gasteiger partial charge in [0.1, 0.15) is 5.69 Å². The van der Waals surface area contributed by atoms with Crippen molar-refractivity contribution in [2.75, 3.05) is 0 Å². The number of aromatic nitrogens is 5. The lowest BCUT2D eigenvalue weighted by Crippen LogP contribution is -2.27. The van der Waals surface area contributed by atoms with Gasteiger partial charge in [-0.15, -0.1) is 5.10 Å². The fraction of sp³-hybridized carbons (Fsp3) is 0.192. The van der Waals surface area contributed by atoms with Crippen LogP contribution in [0.1, 0.15) is 28.5 Å². The molecule has 3 aromatic carbocycles. The molecule has 36 heavy (non-hydrogen) atoms. The first kappa shape index (κ1) is 24.6. The number of aliphatic hydroxyl groups excluding tert-OH is 1. The third-order valence-electron chi connectivity index (χ3n) is 6.09. The van der Waals surface area contributed by atoms with E-state index < -0.39 is 6.10 Å². The summed E-state index contributed by atoms with van der Waals surface area (Å²) in [5, 5.41) is 29.8. The van der Waals surface area contributed by atoms with Crippen LogP contribution in [0.15, 0.2) is 66.9 Å². The van der Waals surface area contributed by atoms with Gasteiger partial charge in [-0.1, -0.05) is 75.9 Å². The Labute approximate surface area is 222 Å². The largest absolute Gasteiger partial charge is 0.387 e. The molecule has 0 saturated carbocycles. The van der Waals surface area contributed by atoms with Gasteiger partial charge in [-0.2, -0.15) is 0 Å². The van der Waals surface area contributed by atoms with E-state index in [2.05, 4.69) is 41.5 Å². The first-order valence-electron chi connectivity index (χ1n) is 11.3. The minimum atomic E-state index is -0.890. The van der Waals surface area contributed by atoms with Crippen molar-refractivity contribution in [1.82, 2.24) is 24.1 Å². The first-order valence-corrected chi connectivity index (χ1v) is 12.4. The van der Waals surface area contributed by atoms with Gasteiger partial charge in [-0.3, -0.25) is 5.41 Å². The molecule has 0 spiro atoms. The van der Waals surface area contributed by atoms with Gasteiger partial charge in [0, 0.05) is 5.02 Å². The Bertz CT molecular complexity index is 1600. The second kappa shape index (κ2) is 10.1. The molecule has 5 aromatic rings. The van der Waals surface area contributed by atoms with Gasteiger partial charge in [0.15, 0.2) is 0 Å². The van der Waals surface area contributed by atoms with Crippen LogP contribution in [0.3, 0.4) is 0 Å². The Morgan fingerprint density at radius 1 is 0.889 bits per heavy atom. The molecule has 184 valence electrons. The second-order valence-electron chi connectivity index (χ2n) is 8.74. The Morgan fingerprint density at radius 3 is 2.42 bits per heavy atom. The zero-order chi connectivity index (χ0) is 25.4. The highest BCUT2D eigenvalue weighted by atomic mass is 35.5. The van der Waals surface area contributed by atoms with E-state index in [0.717, 1.165) is 16.6 Å². The van der Waals surface area contributed by atoms with Gasteiger partial charge in [0.25, 0.3) is 0 Å². The van der Waals surface area contributed by atoms with Crippen molar-refractivity contribution in [2.45, 2.75) is 32.7 Å². The number of benzene rings is 3. The zero-order valence-corrected chi connectivity index (χ0v) is 21.6. The lowest BCUT2D eigenvalue weighted by molar-refractivity contribution is 0.155. The molecule has 0 aliphatic carbocycles. The van der Waals surface area contributed by atoms with E-state index in [4.69, 9.17) is 40.2 Å². The van der Waals surface area contributed by atoms with Crippen LogP contribution in [0.4, 0.5) is 0 Å². The number of imidazole rings is 1. The third kappa shape index (κ3) is 5.06. The average Bonchev–Trinajstić information content (AvgIpc) is 3.40. The van der Waals surface area contributed by atoms with Gasteiger partial charge < -0.3 is 14.2 Å².